The van der Waals surface area contributed by atoms with E-state index in [2.05, 4.69) is 18.1 Å². The van der Waals surface area contributed by atoms with Gasteiger partial charge in [0.1, 0.15) is 18.0 Å². The molecule has 0 aliphatic carbocycles. The van der Waals surface area contributed by atoms with Gasteiger partial charge in [0.15, 0.2) is 0 Å². The van der Waals surface area contributed by atoms with Crippen LogP contribution in [0.4, 0.5) is 4.39 Å². The van der Waals surface area contributed by atoms with Crippen molar-refractivity contribution in [3.63, 3.8) is 0 Å². The number of aromatic nitrogens is 4. The van der Waals surface area contributed by atoms with Crippen LogP contribution in [-0.4, -0.2) is 42.8 Å². The normalized spacial score (nSPS) is 17.5. The predicted octanol–water partition coefficient (Wildman–Crippen LogP) is 5.11. The Kier molecular flexibility index (Phi) is 6.45. The second kappa shape index (κ2) is 9.72. The zero-order valence-corrected chi connectivity index (χ0v) is 21.5. The highest BCUT2D eigenvalue weighted by molar-refractivity contribution is 7.99. The zero-order chi connectivity index (χ0) is 26.3. The summed E-state index contributed by atoms with van der Waals surface area (Å²) in [5.41, 5.74) is 4.05. The molecule has 10 heteroatoms. The highest BCUT2D eigenvalue weighted by Crippen LogP contribution is 2.38. The molecule has 1 saturated heterocycles. The minimum Gasteiger partial charge on any atom is -0.340 e. The molecule has 0 spiro atoms. The van der Waals surface area contributed by atoms with Crippen molar-refractivity contribution in [2.24, 2.45) is 0 Å². The third-order valence-electron chi connectivity index (χ3n) is 6.93. The van der Waals surface area contributed by atoms with Gasteiger partial charge in [-0.05, 0) is 51.0 Å². The predicted molar refractivity (Wildman–Crippen MR) is 136 cm³/mol. The standard InChI is InChI=1S/C27H24FN7OS/c1-16-8-23(6-7-33(16)18(3)36)35-17(2)24(14-32-35)20-10-26(27-21(12-30)13-31-34(27)15-20)37-25-5-4-22(28)9-19(25)11-29/h4-5,9-10,13-16,23H,6-8H2,1-3H3/t16-,23-/m0/s1. The first-order valence-corrected chi connectivity index (χ1v) is 12.7. The first kappa shape index (κ1) is 24.5. The summed E-state index contributed by atoms with van der Waals surface area (Å²) in [4.78, 5) is 15.1. The number of piperidine rings is 1. The van der Waals surface area contributed by atoms with Gasteiger partial charge in [0.2, 0.25) is 5.91 Å². The minimum atomic E-state index is -0.478. The molecule has 0 saturated carbocycles. The van der Waals surface area contributed by atoms with Gasteiger partial charge in [-0.15, -0.1) is 0 Å². The largest absolute Gasteiger partial charge is 0.340 e. The van der Waals surface area contributed by atoms with Crippen LogP contribution in [0, 0.1) is 35.4 Å². The highest BCUT2D eigenvalue weighted by Gasteiger charge is 2.29. The Morgan fingerprint density at radius 1 is 1.14 bits per heavy atom. The van der Waals surface area contributed by atoms with E-state index in [1.807, 2.05) is 41.0 Å². The summed E-state index contributed by atoms with van der Waals surface area (Å²) in [7, 11) is 0. The summed E-state index contributed by atoms with van der Waals surface area (Å²) in [6.45, 7) is 6.41. The molecule has 4 heterocycles. The molecule has 1 aromatic carbocycles. The smallest absolute Gasteiger partial charge is 0.219 e. The van der Waals surface area contributed by atoms with Gasteiger partial charge in [-0.2, -0.15) is 20.7 Å². The molecule has 0 bridgehead atoms. The Labute approximate surface area is 217 Å². The van der Waals surface area contributed by atoms with Crippen molar-refractivity contribution < 1.29 is 9.18 Å². The summed E-state index contributed by atoms with van der Waals surface area (Å²) in [6.07, 6.45) is 6.87. The van der Waals surface area contributed by atoms with Crippen LogP contribution < -0.4 is 0 Å². The van der Waals surface area contributed by atoms with Crippen molar-refractivity contribution in [2.75, 3.05) is 6.54 Å². The van der Waals surface area contributed by atoms with Gasteiger partial charge in [-0.3, -0.25) is 9.48 Å². The van der Waals surface area contributed by atoms with E-state index in [9.17, 15) is 19.7 Å². The van der Waals surface area contributed by atoms with Crippen molar-refractivity contribution in [3.8, 4) is 23.3 Å². The maximum Gasteiger partial charge on any atom is 0.219 e. The molecule has 4 aromatic rings. The maximum absolute atomic E-state index is 13.7. The minimum absolute atomic E-state index is 0.0961. The third kappa shape index (κ3) is 4.45. The molecule has 1 aliphatic heterocycles. The molecule has 5 rings (SSSR count). The van der Waals surface area contributed by atoms with E-state index in [1.54, 1.807) is 17.5 Å². The van der Waals surface area contributed by atoms with Crippen molar-refractivity contribution in [3.05, 3.63) is 65.5 Å². The number of benzene rings is 1. The number of nitrogens with zero attached hydrogens (tertiary/aromatic N) is 7. The Morgan fingerprint density at radius 2 is 1.92 bits per heavy atom. The third-order valence-corrected chi connectivity index (χ3v) is 8.04. The van der Waals surface area contributed by atoms with Gasteiger partial charge >= 0.3 is 0 Å². The molecule has 3 aromatic heterocycles. The molecule has 1 amide bonds. The molecule has 37 heavy (non-hydrogen) atoms. The Morgan fingerprint density at radius 3 is 2.62 bits per heavy atom. The lowest BCUT2D eigenvalue weighted by atomic mass is 9.98. The number of fused-ring (bicyclic) bond motifs is 1. The van der Waals surface area contributed by atoms with Crippen molar-refractivity contribution in [1.82, 2.24) is 24.3 Å². The molecular formula is C27H24FN7OS. The van der Waals surface area contributed by atoms with Crippen molar-refractivity contribution >= 4 is 23.2 Å². The number of rotatable bonds is 4. The van der Waals surface area contributed by atoms with Crippen LogP contribution in [0.2, 0.25) is 0 Å². The Bertz CT molecular complexity index is 1610. The lowest BCUT2D eigenvalue weighted by Gasteiger charge is -2.37. The van der Waals surface area contributed by atoms with Gasteiger partial charge in [0.05, 0.1) is 35.1 Å². The van der Waals surface area contributed by atoms with Gasteiger partial charge in [-0.1, -0.05) is 11.8 Å². The number of likely N-dealkylation sites (tertiary alicyclic amines) is 1. The zero-order valence-electron chi connectivity index (χ0n) is 20.6. The van der Waals surface area contributed by atoms with Crippen LogP contribution >= 0.6 is 11.8 Å². The van der Waals surface area contributed by atoms with E-state index >= 15 is 0 Å². The van der Waals surface area contributed by atoms with E-state index in [-0.39, 0.29) is 23.6 Å². The summed E-state index contributed by atoms with van der Waals surface area (Å²) >= 11 is 1.30. The van der Waals surface area contributed by atoms with Crippen molar-refractivity contribution in [1.29, 1.82) is 10.5 Å². The first-order valence-electron chi connectivity index (χ1n) is 11.9. The lowest BCUT2D eigenvalue weighted by molar-refractivity contribution is -0.132. The number of carbonyl (C=O) groups excluding carboxylic acids is 1. The molecule has 8 nitrogen and oxygen atoms in total. The molecular weight excluding hydrogens is 489 g/mol. The number of hydrogen-bond acceptors (Lipinski definition) is 6. The number of halogens is 1. The van der Waals surface area contributed by atoms with Crippen LogP contribution in [0.3, 0.4) is 0 Å². The lowest BCUT2D eigenvalue weighted by Crippen LogP contribution is -2.44. The monoisotopic (exact) mass is 513 g/mol. The van der Waals surface area contributed by atoms with E-state index in [4.69, 9.17) is 5.10 Å². The molecule has 0 radical (unpaired) electrons. The molecule has 1 fully saturated rings. The fraction of sp³-hybridized carbons (Fsp3) is 0.296. The molecule has 2 atom stereocenters. The molecule has 1 aliphatic rings. The van der Waals surface area contributed by atoms with Crippen LogP contribution in [-0.2, 0) is 4.79 Å². The average Bonchev–Trinajstić information content (AvgIpc) is 3.47. The fourth-order valence-electron chi connectivity index (χ4n) is 5.10. The topological polar surface area (TPSA) is 103 Å². The van der Waals surface area contributed by atoms with Gasteiger partial charge in [0.25, 0.3) is 0 Å². The number of nitriles is 2. The quantitative estimate of drug-likeness (QED) is 0.376. The van der Waals surface area contributed by atoms with Gasteiger partial charge in [0, 0.05) is 52.3 Å². The van der Waals surface area contributed by atoms with Crippen LogP contribution in [0.5, 0.6) is 0 Å². The number of amides is 1. The van der Waals surface area contributed by atoms with Gasteiger partial charge < -0.3 is 4.90 Å². The van der Waals surface area contributed by atoms with Crippen LogP contribution in [0.15, 0.2) is 52.6 Å². The first-order chi connectivity index (χ1) is 17.8. The molecule has 0 unspecified atom stereocenters. The second-order valence-corrected chi connectivity index (χ2v) is 10.3. The summed E-state index contributed by atoms with van der Waals surface area (Å²) in [6, 6.07) is 10.6. The Balaban J connectivity index is 1.55. The van der Waals surface area contributed by atoms with E-state index in [0.29, 0.717) is 22.5 Å². The Hall–Kier alpha value is -4.15. The number of hydrogen-bond donors (Lipinski definition) is 0. The summed E-state index contributed by atoms with van der Waals surface area (Å²) in [5.74, 6) is -0.382. The molecule has 0 N–H and O–H groups in total. The van der Waals surface area contributed by atoms with E-state index < -0.39 is 5.82 Å². The van der Waals surface area contributed by atoms with E-state index in [0.717, 1.165) is 34.6 Å². The average molecular weight is 514 g/mol. The molecule has 186 valence electrons. The van der Waals surface area contributed by atoms with Crippen LogP contribution in [0.1, 0.15) is 49.6 Å². The van der Waals surface area contributed by atoms with Crippen molar-refractivity contribution in [2.45, 2.75) is 55.5 Å². The van der Waals surface area contributed by atoms with Crippen LogP contribution in [0.25, 0.3) is 16.6 Å². The number of pyridine rings is 1. The summed E-state index contributed by atoms with van der Waals surface area (Å²) in [5, 5.41) is 28.3. The van der Waals surface area contributed by atoms with Gasteiger partial charge in [-0.25, -0.2) is 8.91 Å². The maximum atomic E-state index is 13.7. The highest BCUT2D eigenvalue weighted by atomic mass is 32.2. The number of carbonyl (C=O) groups is 1. The summed E-state index contributed by atoms with van der Waals surface area (Å²) < 4.78 is 17.4. The second-order valence-electron chi connectivity index (χ2n) is 9.24. The fourth-order valence-corrected chi connectivity index (χ4v) is 6.17. The SMILES string of the molecule is CC(=O)N1CC[C@H](n2ncc(-c3cc(Sc4ccc(F)cc4C#N)c4c(C#N)cnn4c3)c2C)C[C@@H]1C. The van der Waals surface area contributed by atoms with E-state index in [1.165, 1.54) is 30.1 Å².